The summed E-state index contributed by atoms with van der Waals surface area (Å²) in [5.41, 5.74) is 1.78. The summed E-state index contributed by atoms with van der Waals surface area (Å²) in [6, 6.07) is 15.1. The number of piperazine rings is 1. The van der Waals surface area contributed by atoms with Gasteiger partial charge < -0.3 is 14.5 Å². The highest BCUT2D eigenvalue weighted by molar-refractivity contribution is 5.82. The van der Waals surface area contributed by atoms with Gasteiger partial charge in [0.25, 0.3) is 0 Å². The summed E-state index contributed by atoms with van der Waals surface area (Å²) < 4.78 is 19.4. The molecule has 178 valence electrons. The molecule has 6 heteroatoms. The molecule has 0 N–H and O–H groups in total. The van der Waals surface area contributed by atoms with Crippen molar-refractivity contribution in [2.24, 2.45) is 11.3 Å². The van der Waals surface area contributed by atoms with Gasteiger partial charge in [-0.3, -0.25) is 9.69 Å². The molecule has 5 nitrogen and oxygen atoms in total. The molecular weight excluding hydrogens is 417 g/mol. The Morgan fingerprint density at radius 1 is 1.03 bits per heavy atom. The first-order chi connectivity index (χ1) is 15.7. The van der Waals surface area contributed by atoms with E-state index in [1.165, 1.54) is 11.8 Å². The number of rotatable bonds is 5. The fourth-order valence-corrected chi connectivity index (χ4v) is 5.14. The lowest BCUT2D eigenvalue weighted by atomic mass is 9.88. The van der Waals surface area contributed by atoms with Crippen molar-refractivity contribution in [1.82, 2.24) is 9.80 Å². The summed E-state index contributed by atoms with van der Waals surface area (Å²) in [6.07, 6.45) is 0. The van der Waals surface area contributed by atoms with E-state index in [0.29, 0.717) is 12.5 Å². The summed E-state index contributed by atoms with van der Waals surface area (Å²) in [6.45, 7) is 12.1. The van der Waals surface area contributed by atoms with Crippen LogP contribution in [0.25, 0.3) is 0 Å². The van der Waals surface area contributed by atoms with Crippen LogP contribution < -0.4 is 9.64 Å². The van der Waals surface area contributed by atoms with Crippen LogP contribution in [-0.2, 0) is 4.79 Å². The molecule has 1 amide bonds. The fourth-order valence-electron chi connectivity index (χ4n) is 5.14. The number of hydrogen-bond donors (Lipinski definition) is 0. The predicted molar refractivity (Wildman–Crippen MR) is 130 cm³/mol. The maximum Gasteiger partial charge on any atom is 0.227 e. The predicted octanol–water partition coefficient (Wildman–Crippen LogP) is 4.24. The number of halogens is 1. The Kier molecular flexibility index (Phi) is 6.94. The summed E-state index contributed by atoms with van der Waals surface area (Å²) in [5, 5.41) is 0. The van der Waals surface area contributed by atoms with Crippen molar-refractivity contribution in [2.45, 2.75) is 26.7 Å². The van der Waals surface area contributed by atoms with Crippen molar-refractivity contribution < 1.29 is 13.9 Å². The zero-order valence-corrected chi connectivity index (χ0v) is 20.3. The van der Waals surface area contributed by atoms with Crippen molar-refractivity contribution in [1.29, 1.82) is 0 Å². The Bertz CT molecular complexity index is 966. The number of carbonyl (C=O) groups is 1. The second-order valence-electron chi connectivity index (χ2n) is 10.4. The van der Waals surface area contributed by atoms with Crippen LogP contribution in [0, 0.1) is 17.2 Å². The highest BCUT2D eigenvalue weighted by atomic mass is 19.1. The minimum Gasteiger partial charge on any atom is -0.497 e. The summed E-state index contributed by atoms with van der Waals surface area (Å²) in [4.78, 5) is 19.9. The van der Waals surface area contributed by atoms with Gasteiger partial charge in [0.05, 0.1) is 7.11 Å². The van der Waals surface area contributed by atoms with Crippen LogP contribution in [0.1, 0.15) is 32.3 Å². The third-order valence-electron chi connectivity index (χ3n) is 6.93. The molecule has 0 bridgehead atoms. The lowest BCUT2D eigenvalue weighted by Crippen LogP contribution is -2.48. The van der Waals surface area contributed by atoms with Crippen molar-refractivity contribution in [3.63, 3.8) is 0 Å². The van der Waals surface area contributed by atoms with E-state index in [-0.39, 0.29) is 17.6 Å². The van der Waals surface area contributed by atoms with Crippen LogP contribution in [0.2, 0.25) is 0 Å². The maximum atomic E-state index is 14.0. The highest BCUT2D eigenvalue weighted by Gasteiger charge is 2.40. The van der Waals surface area contributed by atoms with Crippen LogP contribution in [0.15, 0.2) is 48.5 Å². The normalized spacial score (nSPS) is 22.0. The highest BCUT2D eigenvalue weighted by Crippen LogP contribution is 2.36. The smallest absolute Gasteiger partial charge is 0.227 e. The maximum absolute atomic E-state index is 14.0. The fraction of sp³-hybridized carbons (Fsp3) is 0.519. The molecule has 2 aliphatic heterocycles. The van der Waals surface area contributed by atoms with Crippen molar-refractivity contribution in [3.05, 3.63) is 59.9 Å². The number of hydrogen-bond acceptors (Lipinski definition) is 4. The van der Waals surface area contributed by atoms with Gasteiger partial charge >= 0.3 is 0 Å². The molecular formula is C27H36FN3O2. The van der Waals surface area contributed by atoms with E-state index < -0.39 is 5.41 Å². The van der Waals surface area contributed by atoms with Gasteiger partial charge in [0, 0.05) is 68.9 Å². The first-order valence-corrected chi connectivity index (χ1v) is 11.9. The quantitative estimate of drug-likeness (QED) is 0.678. The average molecular weight is 454 g/mol. The number of anilines is 1. The summed E-state index contributed by atoms with van der Waals surface area (Å²) in [5.74, 6) is 1.29. The van der Waals surface area contributed by atoms with Crippen LogP contribution in [0.3, 0.4) is 0 Å². The van der Waals surface area contributed by atoms with E-state index in [9.17, 15) is 9.18 Å². The molecule has 2 aromatic rings. The van der Waals surface area contributed by atoms with Gasteiger partial charge in [-0.15, -0.1) is 0 Å². The molecule has 0 spiro atoms. The van der Waals surface area contributed by atoms with Gasteiger partial charge in [-0.25, -0.2) is 4.39 Å². The van der Waals surface area contributed by atoms with Crippen LogP contribution in [0.4, 0.5) is 10.1 Å². The molecule has 0 aromatic heterocycles. The molecule has 0 saturated carbocycles. The largest absolute Gasteiger partial charge is 0.497 e. The van der Waals surface area contributed by atoms with E-state index in [1.54, 1.807) is 19.2 Å². The molecule has 2 aliphatic rings. The minimum atomic E-state index is -0.413. The Hall–Kier alpha value is -2.60. The van der Waals surface area contributed by atoms with E-state index in [2.05, 4.69) is 21.9 Å². The lowest BCUT2D eigenvalue weighted by Gasteiger charge is -2.38. The van der Waals surface area contributed by atoms with Gasteiger partial charge in [0.2, 0.25) is 5.91 Å². The zero-order valence-electron chi connectivity index (χ0n) is 20.3. The first kappa shape index (κ1) is 23.6. The number of carbonyl (C=O) groups excluding carboxylic acids is 1. The lowest BCUT2D eigenvalue weighted by molar-refractivity contribution is -0.138. The summed E-state index contributed by atoms with van der Waals surface area (Å²) in [7, 11) is 1.70. The van der Waals surface area contributed by atoms with Crippen LogP contribution in [-0.4, -0.2) is 68.6 Å². The Balaban J connectivity index is 1.44. The molecule has 2 saturated heterocycles. The second-order valence-corrected chi connectivity index (χ2v) is 10.4. The number of nitrogens with zero attached hydrogens (tertiary/aromatic N) is 3. The monoisotopic (exact) mass is 453 g/mol. The molecule has 2 aromatic carbocycles. The minimum absolute atomic E-state index is 0.156. The van der Waals surface area contributed by atoms with E-state index in [0.717, 1.165) is 50.6 Å². The third-order valence-corrected chi connectivity index (χ3v) is 6.93. The van der Waals surface area contributed by atoms with Gasteiger partial charge in [0.15, 0.2) is 0 Å². The molecule has 2 heterocycles. The molecule has 33 heavy (non-hydrogen) atoms. The van der Waals surface area contributed by atoms with Crippen LogP contribution in [0.5, 0.6) is 5.75 Å². The van der Waals surface area contributed by atoms with Gasteiger partial charge in [0.1, 0.15) is 11.6 Å². The van der Waals surface area contributed by atoms with Crippen molar-refractivity contribution in [2.75, 3.05) is 57.8 Å². The van der Waals surface area contributed by atoms with Crippen molar-refractivity contribution >= 4 is 11.6 Å². The number of benzene rings is 2. The number of likely N-dealkylation sites (tertiary alicyclic amines) is 1. The van der Waals surface area contributed by atoms with Gasteiger partial charge in [-0.2, -0.15) is 0 Å². The SMILES string of the molecule is COc1cccc(N2CCN(CC3CN(C(=O)C(C)(C)C)CC3c3cccc(F)c3)CC2)c1. The molecule has 4 rings (SSSR count). The van der Waals surface area contributed by atoms with Crippen LogP contribution >= 0.6 is 0 Å². The standard InChI is InChI=1S/C27H36FN3O2/c1-27(2,3)26(32)31-18-21(25(19-31)20-7-5-8-22(28)15-20)17-29-11-13-30(14-12-29)23-9-6-10-24(16-23)33-4/h5-10,15-16,21,25H,11-14,17-19H2,1-4H3. The molecule has 2 unspecified atom stereocenters. The number of amides is 1. The van der Waals surface area contributed by atoms with E-state index in [1.807, 2.05) is 43.9 Å². The Morgan fingerprint density at radius 3 is 2.42 bits per heavy atom. The van der Waals surface area contributed by atoms with E-state index in [4.69, 9.17) is 4.74 Å². The Morgan fingerprint density at radius 2 is 1.76 bits per heavy atom. The second kappa shape index (κ2) is 9.72. The third kappa shape index (κ3) is 5.49. The topological polar surface area (TPSA) is 36.0 Å². The average Bonchev–Trinajstić information content (AvgIpc) is 3.22. The van der Waals surface area contributed by atoms with Gasteiger partial charge in [-0.05, 0) is 35.7 Å². The van der Waals surface area contributed by atoms with Gasteiger partial charge in [-0.1, -0.05) is 39.0 Å². The van der Waals surface area contributed by atoms with Crippen molar-refractivity contribution in [3.8, 4) is 5.75 Å². The van der Waals surface area contributed by atoms with E-state index >= 15 is 0 Å². The zero-order chi connectivity index (χ0) is 23.6. The molecule has 2 fully saturated rings. The first-order valence-electron chi connectivity index (χ1n) is 11.9. The Labute approximate surface area is 197 Å². The molecule has 0 aliphatic carbocycles. The molecule has 0 radical (unpaired) electrons. The number of ether oxygens (including phenoxy) is 1. The summed E-state index contributed by atoms with van der Waals surface area (Å²) >= 11 is 0. The number of methoxy groups -OCH3 is 1. The molecule has 2 atom stereocenters.